The first-order valence-electron chi connectivity index (χ1n) is 5.67. The van der Waals surface area contributed by atoms with Gasteiger partial charge in [-0.3, -0.25) is 10.1 Å². The third-order valence-corrected chi connectivity index (χ3v) is 3.12. The van der Waals surface area contributed by atoms with E-state index in [0.29, 0.717) is 5.95 Å². The van der Waals surface area contributed by atoms with Crippen molar-refractivity contribution in [3.63, 3.8) is 0 Å². The van der Waals surface area contributed by atoms with Crippen molar-refractivity contribution in [1.82, 2.24) is 9.36 Å². The number of benzene rings is 1. The van der Waals surface area contributed by atoms with Crippen molar-refractivity contribution in [2.75, 3.05) is 5.32 Å². The molecule has 2 aromatic rings. The maximum atomic E-state index is 11.8. The second-order valence-electron chi connectivity index (χ2n) is 4.99. The maximum Gasteiger partial charge on any atom is 0.241 e. The van der Waals surface area contributed by atoms with E-state index in [-0.39, 0.29) is 5.91 Å². The Balaban J connectivity index is 2.15. The van der Waals surface area contributed by atoms with Crippen LogP contribution in [0.4, 0.5) is 5.95 Å². The third-order valence-electron chi connectivity index (χ3n) is 2.35. The predicted octanol–water partition coefficient (Wildman–Crippen LogP) is 3.19. The Morgan fingerprint density at radius 2 is 1.89 bits per heavy atom. The maximum absolute atomic E-state index is 11.8. The molecule has 18 heavy (non-hydrogen) atoms. The lowest BCUT2D eigenvalue weighted by molar-refractivity contribution is -0.123. The van der Waals surface area contributed by atoms with E-state index in [0.717, 1.165) is 10.6 Å². The van der Waals surface area contributed by atoms with Crippen molar-refractivity contribution < 1.29 is 4.79 Å². The van der Waals surface area contributed by atoms with Crippen molar-refractivity contribution in [3.05, 3.63) is 30.3 Å². The van der Waals surface area contributed by atoms with Gasteiger partial charge in [-0.25, -0.2) is 0 Å². The molecule has 0 saturated carbocycles. The molecule has 0 radical (unpaired) electrons. The van der Waals surface area contributed by atoms with Gasteiger partial charge in [0.05, 0.1) is 0 Å². The number of nitrogens with one attached hydrogen (secondary N) is 1. The van der Waals surface area contributed by atoms with Crippen LogP contribution in [0.3, 0.4) is 0 Å². The average molecular weight is 261 g/mol. The molecular formula is C13H15N3OS. The van der Waals surface area contributed by atoms with Gasteiger partial charge in [0.2, 0.25) is 11.9 Å². The molecule has 1 aromatic heterocycles. The molecule has 1 N–H and O–H groups in total. The van der Waals surface area contributed by atoms with Crippen LogP contribution < -0.4 is 5.32 Å². The van der Waals surface area contributed by atoms with E-state index in [2.05, 4.69) is 14.7 Å². The summed E-state index contributed by atoms with van der Waals surface area (Å²) in [6.07, 6.45) is 0. The lowest BCUT2D eigenvalue weighted by atomic mass is 9.96. The smallest absolute Gasteiger partial charge is 0.241 e. The number of anilines is 1. The summed E-state index contributed by atoms with van der Waals surface area (Å²) < 4.78 is 4.14. The fraction of sp³-hybridized carbons (Fsp3) is 0.308. The van der Waals surface area contributed by atoms with Gasteiger partial charge in [0.1, 0.15) is 5.01 Å². The molecule has 0 aliphatic heterocycles. The Morgan fingerprint density at radius 1 is 1.22 bits per heavy atom. The van der Waals surface area contributed by atoms with Crippen molar-refractivity contribution in [1.29, 1.82) is 0 Å². The Hall–Kier alpha value is -1.75. The van der Waals surface area contributed by atoms with Gasteiger partial charge >= 0.3 is 0 Å². The number of hydrogen-bond acceptors (Lipinski definition) is 4. The Bertz CT molecular complexity index is 543. The van der Waals surface area contributed by atoms with Crippen LogP contribution in [0, 0.1) is 5.41 Å². The van der Waals surface area contributed by atoms with Gasteiger partial charge in [0.15, 0.2) is 0 Å². The van der Waals surface area contributed by atoms with E-state index in [1.807, 2.05) is 51.1 Å². The van der Waals surface area contributed by atoms with Gasteiger partial charge in [-0.2, -0.15) is 9.36 Å². The standard InChI is InChI=1S/C13H15N3OS/c1-13(2,3)11(17)15-12-14-10(18-16-12)9-7-5-4-6-8-9/h4-8H,1-3H3,(H,15,16,17). The topological polar surface area (TPSA) is 54.9 Å². The van der Waals surface area contributed by atoms with Crippen LogP contribution in [0.1, 0.15) is 20.8 Å². The summed E-state index contributed by atoms with van der Waals surface area (Å²) in [6, 6.07) is 9.78. The van der Waals surface area contributed by atoms with Crippen molar-refractivity contribution >= 4 is 23.4 Å². The number of amides is 1. The normalized spacial score (nSPS) is 11.3. The van der Waals surface area contributed by atoms with E-state index in [4.69, 9.17) is 0 Å². The first kappa shape index (κ1) is 12.7. The molecule has 0 unspecified atom stereocenters. The first-order valence-corrected chi connectivity index (χ1v) is 6.45. The summed E-state index contributed by atoms with van der Waals surface area (Å²) in [7, 11) is 0. The Morgan fingerprint density at radius 3 is 2.50 bits per heavy atom. The molecule has 0 fully saturated rings. The third kappa shape index (κ3) is 2.92. The van der Waals surface area contributed by atoms with Gasteiger partial charge in [0.25, 0.3) is 0 Å². The molecule has 0 saturated heterocycles. The summed E-state index contributed by atoms with van der Waals surface area (Å²) in [4.78, 5) is 16.1. The highest BCUT2D eigenvalue weighted by molar-refractivity contribution is 7.09. The van der Waals surface area contributed by atoms with Crippen LogP contribution in [0.25, 0.3) is 10.6 Å². The minimum Gasteiger partial charge on any atom is -0.293 e. The van der Waals surface area contributed by atoms with E-state index in [1.165, 1.54) is 11.5 Å². The number of aromatic nitrogens is 2. The van der Waals surface area contributed by atoms with Gasteiger partial charge in [-0.1, -0.05) is 51.1 Å². The van der Waals surface area contributed by atoms with E-state index < -0.39 is 5.41 Å². The molecule has 94 valence electrons. The SMILES string of the molecule is CC(C)(C)C(=O)Nc1nsc(-c2ccccc2)n1. The first-order chi connectivity index (χ1) is 8.47. The zero-order valence-corrected chi connectivity index (χ0v) is 11.4. The summed E-state index contributed by atoms with van der Waals surface area (Å²) in [6.45, 7) is 5.56. The lowest BCUT2D eigenvalue weighted by Gasteiger charge is -2.15. The van der Waals surface area contributed by atoms with Crippen molar-refractivity contribution in [2.45, 2.75) is 20.8 Å². The summed E-state index contributed by atoms with van der Waals surface area (Å²) in [5.74, 6) is 0.290. The molecule has 2 rings (SSSR count). The highest BCUT2D eigenvalue weighted by atomic mass is 32.1. The summed E-state index contributed by atoms with van der Waals surface area (Å²) in [5, 5.41) is 3.53. The summed E-state index contributed by atoms with van der Waals surface area (Å²) >= 11 is 1.28. The molecule has 4 nitrogen and oxygen atoms in total. The quantitative estimate of drug-likeness (QED) is 0.903. The molecule has 0 aliphatic carbocycles. The van der Waals surface area contributed by atoms with Crippen LogP contribution in [0.2, 0.25) is 0 Å². The van der Waals surface area contributed by atoms with Crippen LogP contribution in [0.15, 0.2) is 30.3 Å². The largest absolute Gasteiger partial charge is 0.293 e. The van der Waals surface area contributed by atoms with E-state index in [1.54, 1.807) is 0 Å². The highest BCUT2D eigenvalue weighted by Crippen LogP contribution is 2.23. The van der Waals surface area contributed by atoms with E-state index >= 15 is 0 Å². The fourth-order valence-corrected chi connectivity index (χ4v) is 1.89. The monoisotopic (exact) mass is 261 g/mol. The molecule has 1 heterocycles. The number of rotatable bonds is 2. The van der Waals surface area contributed by atoms with Crippen LogP contribution in [0.5, 0.6) is 0 Å². The molecular weight excluding hydrogens is 246 g/mol. The van der Waals surface area contributed by atoms with Crippen molar-refractivity contribution in [3.8, 4) is 10.6 Å². The second kappa shape index (κ2) is 4.86. The average Bonchev–Trinajstić information content (AvgIpc) is 2.77. The molecule has 5 heteroatoms. The Labute approximate surface area is 110 Å². The van der Waals surface area contributed by atoms with Crippen molar-refractivity contribution in [2.24, 2.45) is 5.41 Å². The molecule has 0 bridgehead atoms. The minimum atomic E-state index is -0.446. The predicted molar refractivity (Wildman–Crippen MR) is 73.4 cm³/mol. The molecule has 0 aliphatic rings. The van der Waals surface area contributed by atoms with Gasteiger partial charge in [-0.15, -0.1) is 0 Å². The van der Waals surface area contributed by atoms with Crippen LogP contribution in [-0.4, -0.2) is 15.3 Å². The summed E-state index contributed by atoms with van der Waals surface area (Å²) in [5.41, 5.74) is 0.560. The zero-order valence-electron chi connectivity index (χ0n) is 10.6. The lowest BCUT2D eigenvalue weighted by Crippen LogP contribution is -2.28. The van der Waals surface area contributed by atoms with Crippen LogP contribution >= 0.6 is 11.5 Å². The van der Waals surface area contributed by atoms with Gasteiger partial charge < -0.3 is 0 Å². The molecule has 1 amide bonds. The second-order valence-corrected chi connectivity index (χ2v) is 5.75. The molecule has 1 aromatic carbocycles. The number of hydrogen-bond donors (Lipinski definition) is 1. The molecule has 0 atom stereocenters. The highest BCUT2D eigenvalue weighted by Gasteiger charge is 2.22. The number of nitrogens with zero attached hydrogens (tertiary/aromatic N) is 2. The van der Waals surface area contributed by atoms with Gasteiger partial charge in [-0.05, 0) is 11.5 Å². The number of carbonyl (C=O) groups is 1. The fourth-order valence-electron chi connectivity index (χ4n) is 1.26. The minimum absolute atomic E-state index is 0.0834. The van der Waals surface area contributed by atoms with Gasteiger partial charge in [0, 0.05) is 11.0 Å². The van der Waals surface area contributed by atoms with E-state index in [9.17, 15) is 4.79 Å². The Kier molecular flexibility index (Phi) is 3.43. The molecule has 0 spiro atoms. The van der Waals surface area contributed by atoms with Crippen LogP contribution in [-0.2, 0) is 4.79 Å². The number of carbonyl (C=O) groups excluding carboxylic acids is 1. The zero-order chi connectivity index (χ0) is 13.2.